The molecular formula is C52H88N2O41. The fraction of sp³-hybridized carbons (Fsp3) is 0.962. The first kappa shape index (κ1) is 78.1. The lowest BCUT2D eigenvalue weighted by Crippen LogP contribution is -2.70. The Bertz CT molecular complexity index is 2390. The third kappa shape index (κ3) is 17.0. The first-order chi connectivity index (χ1) is 44.9. The molecule has 8 fully saturated rings. The zero-order chi connectivity index (χ0) is 69.9. The van der Waals surface area contributed by atoms with Gasteiger partial charge in [-0.15, -0.1) is 0 Å². The molecule has 8 saturated heterocycles. The first-order valence-electron chi connectivity index (χ1n) is 30.1. The minimum atomic E-state index is -2.28. The van der Waals surface area contributed by atoms with Gasteiger partial charge in [0.2, 0.25) is 11.8 Å². The first-order valence-corrected chi connectivity index (χ1v) is 30.1. The van der Waals surface area contributed by atoms with Crippen LogP contribution in [0.25, 0.3) is 0 Å². The van der Waals surface area contributed by atoms with E-state index < -0.39 is 310 Å². The molecule has 8 aliphatic rings. The fourth-order valence-electron chi connectivity index (χ4n) is 12.1. The Morgan fingerprint density at radius 1 is 0.274 bits per heavy atom. The average Bonchev–Trinajstić information content (AvgIpc) is 0.785. The van der Waals surface area contributed by atoms with Gasteiger partial charge in [-0.2, -0.15) is 0 Å². The molecule has 2 amide bonds. The molecule has 8 rings (SSSR count). The van der Waals surface area contributed by atoms with Crippen molar-refractivity contribution in [3.8, 4) is 0 Å². The van der Waals surface area contributed by atoms with Gasteiger partial charge in [0.1, 0.15) is 195 Å². The Morgan fingerprint density at radius 2 is 0.568 bits per heavy atom. The zero-order valence-corrected chi connectivity index (χ0v) is 50.4. The number of amides is 2. The highest BCUT2D eigenvalue weighted by Crippen LogP contribution is 2.38. The third-order valence-electron chi connectivity index (χ3n) is 17.4. The number of ether oxygens (including phenoxy) is 15. The lowest BCUT2D eigenvalue weighted by molar-refractivity contribution is -0.385. The summed E-state index contributed by atoms with van der Waals surface area (Å²) in [5, 5.41) is 264. The van der Waals surface area contributed by atoms with E-state index in [0.717, 1.165) is 13.8 Å². The van der Waals surface area contributed by atoms with Crippen LogP contribution in [0.1, 0.15) is 13.8 Å². The number of hydrogen-bond donors (Lipinski definition) is 26. The maximum atomic E-state index is 12.5. The summed E-state index contributed by atoms with van der Waals surface area (Å²) in [6.45, 7) is -5.78. The van der Waals surface area contributed by atoms with E-state index in [2.05, 4.69) is 10.6 Å². The molecule has 95 heavy (non-hydrogen) atoms. The van der Waals surface area contributed by atoms with E-state index in [4.69, 9.17) is 71.1 Å². The highest BCUT2D eigenvalue weighted by Gasteiger charge is 2.59. The van der Waals surface area contributed by atoms with Crippen molar-refractivity contribution in [1.82, 2.24) is 10.6 Å². The number of hydrogen-bond acceptors (Lipinski definition) is 41. The van der Waals surface area contributed by atoms with Crippen LogP contribution < -0.4 is 10.6 Å². The summed E-state index contributed by atoms with van der Waals surface area (Å²) in [5.41, 5.74) is 0. The summed E-state index contributed by atoms with van der Waals surface area (Å²) in [7, 11) is 0. The quantitative estimate of drug-likeness (QED) is 0.0427. The molecule has 0 unspecified atom stereocenters. The van der Waals surface area contributed by atoms with Gasteiger partial charge in [-0.1, -0.05) is 0 Å². The number of aliphatic hydroxyl groups is 24. The van der Waals surface area contributed by atoms with E-state index in [1.807, 2.05) is 0 Å². The summed E-state index contributed by atoms with van der Waals surface area (Å²) in [4.78, 5) is 24.4. The topological polar surface area (TPSA) is 682 Å². The molecule has 0 aliphatic carbocycles. The smallest absolute Gasteiger partial charge is 0.217 e. The largest absolute Gasteiger partial charge is 0.394 e. The predicted molar refractivity (Wildman–Crippen MR) is 288 cm³/mol. The van der Waals surface area contributed by atoms with Gasteiger partial charge in [-0.05, 0) is 0 Å². The van der Waals surface area contributed by atoms with E-state index >= 15 is 0 Å². The molecule has 26 N–H and O–H groups in total. The summed E-state index contributed by atoms with van der Waals surface area (Å²) in [6, 6.07) is -3.28. The van der Waals surface area contributed by atoms with Crippen LogP contribution in [0.5, 0.6) is 0 Å². The van der Waals surface area contributed by atoms with Crippen molar-refractivity contribution in [2.24, 2.45) is 0 Å². The molecule has 0 saturated carbocycles. The van der Waals surface area contributed by atoms with Crippen LogP contribution in [0.3, 0.4) is 0 Å². The Morgan fingerprint density at radius 3 is 1.01 bits per heavy atom. The van der Waals surface area contributed by atoms with Gasteiger partial charge in [-0.3, -0.25) is 9.59 Å². The van der Waals surface area contributed by atoms with Gasteiger partial charge in [-0.25, -0.2) is 0 Å². The van der Waals surface area contributed by atoms with E-state index in [0.29, 0.717) is 0 Å². The van der Waals surface area contributed by atoms with Crippen molar-refractivity contribution >= 4 is 11.8 Å². The van der Waals surface area contributed by atoms with Crippen molar-refractivity contribution in [3.05, 3.63) is 0 Å². The molecule has 43 heteroatoms. The minimum absolute atomic E-state index is 0.724. The van der Waals surface area contributed by atoms with Gasteiger partial charge in [0.05, 0.1) is 52.9 Å². The standard InChI is InChI=1S/C52H88N2O41/c1-11(61)53-21-29(69)40(17(7-59)83-45(21)80)91-46-22(54-12(2)62)30(70)41(18(8-60)88-46)92-51-39(79)43(28(68)16(6-58)86-51)94-50-37(77)32(72)25(65)19(89-50)9-81-47-38(78)42(27(67)15(5-57)84-47)93-49-36(76)33(73)26(66)20(90-49)10-82-52-44(34(74)24(64)14(4-56)87-52)95-48-35(75)31(71)23(63)13(3-55)85-48/h13-52,55-60,63-80H,3-10H2,1-2H3,(H,53,61)(H,54,62)/t13-,14-,15-,16-,17-,18-,19-,20-,21-,22-,23-,24-,25-,26-,27-,28-,29-,30-,31+,32+,33+,34+,35+,36+,37+,38+,39+,40-,41-,42+,43+,44+,45-,46+,47+,48-,49-,50-,51+,52+/m1/s1. The molecule has 0 bridgehead atoms. The Labute approximate surface area is 536 Å². The third-order valence-corrected chi connectivity index (χ3v) is 17.4. The summed E-state index contributed by atoms with van der Waals surface area (Å²) in [5.74, 6) is -1.56. The van der Waals surface area contributed by atoms with Crippen molar-refractivity contribution in [3.63, 3.8) is 0 Å². The van der Waals surface area contributed by atoms with Gasteiger partial charge in [0.15, 0.2) is 50.3 Å². The van der Waals surface area contributed by atoms with E-state index in [-0.39, 0.29) is 0 Å². The van der Waals surface area contributed by atoms with E-state index in [1.54, 1.807) is 0 Å². The molecule has 0 aromatic rings. The monoisotopic (exact) mass is 1400 g/mol. The maximum Gasteiger partial charge on any atom is 0.217 e. The normalized spacial score (nSPS) is 50.8. The van der Waals surface area contributed by atoms with Crippen LogP contribution in [-0.2, 0) is 80.6 Å². The lowest BCUT2D eigenvalue weighted by atomic mass is 9.94. The van der Waals surface area contributed by atoms with Crippen LogP contribution >= 0.6 is 0 Å². The Hall–Kier alpha value is -2.62. The molecule has 8 aliphatic heterocycles. The Kier molecular flexibility index (Phi) is 27.9. The predicted octanol–water partition coefficient (Wildman–Crippen LogP) is -18.2. The van der Waals surface area contributed by atoms with Crippen molar-refractivity contribution in [1.29, 1.82) is 0 Å². The molecule has 552 valence electrons. The number of aliphatic hydroxyl groups excluding tert-OH is 24. The molecule has 8 heterocycles. The second-order valence-electron chi connectivity index (χ2n) is 23.9. The van der Waals surface area contributed by atoms with E-state index in [9.17, 15) is 132 Å². The molecule has 0 aromatic heterocycles. The SMILES string of the molecule is CC(=O)N[C@@H]1[C@@H](O)[C@H](O[C@@H]2O[C@H](CO)[C@@H](O[C@@H]3O[C@H](CO)[C@@H](O)[C@H](O[C@H]4O[C@H](CO[C@H]5O[C@H](CO)[C@@H](O)[C@H](O[C@H]6O[C@H](CO[C@H]7O[C@H](CO)[C@@H](O)[C@H](O)[C@@H]7O[C@H]7O[C@H](CO)[C@@H](O)[C@H](O)[C@@H]7O)[C@@H](O)[C@H](O)[C@@H]6O)[C@@H]5O)[C@@H](O)[C@H](O)[C@@H]4O)[C@@H]3O)[C@H](O)[C@H]2NC(C)=O)[C@@H](CO)O[C@H]1O. The molecule has 43 nitrogen and oxygen atoms in total. The fourth-order valence-corrected chi connectivity index (χ4v) is 12.1. The van der Waals surface area contributed by atoms with Crippen LogP contribution in [0.4, 0.5) is 0 Å². The number of nitrogens with one attached hydrogen (secondary N) is 2. The Balaban J connectivity index is 0.921. The van der Waals surface area contributed by atoms with Crippen LogP contribution in [0.2, 0.25) is 0 Å². The van der Waals surface area contributed by atoms with Gasteiger partial charge in [0, 0.05) is 13.8 Å². The molecule has 0 spiro atoms. The summed E-state index contributed by atoms with van der Waals surface area (Å²) < 4.78 is 85.1. The van der Waals surface area contributed by atoms with Crippen molar-refractivity contribution in [2.45, 2.75) is 259 Å². The maximum absolute atomic E-state index is 12.5. The van der Waals surface area contributed by atoms with E-state index in [1.165, 1.54) is 0 Å². The minimum Gasteiger partial charge on any atom is -0.394 e. The van der Waals surface area contributed by atoms with Crippen molar-refractivity contribution < 1.29 is 203 Å². The van der Waals surface area contributed by atoms with Crippen LogP contribution in [-0.4, -0.2) is 433 Å². The molecule has 40 atom stereocenters. The molecule has 0 aromatic carbocycles. The highest BCUT2D eigenvalue weighted by atomic mass is 16.8. The molecular weight excluding hydrogens is 1310 g/mol. The highest BCUT2D eigenvalue weighted by molar-refractivity contribution is 5.73. The van der Waals surface area contributed by atoms with Gasteiger partial charge < -0.3 is 204 Å². The zero-order valence-electron chi connectivity index (χ0n) is 50.4. The molecule has 0 radical (unpaired) electrons. The van der Waals surface area contributed by atoms with Gasteiger partial charge >= 0.3 is 0 Å². The van der Waals surface area contributed by atoms with Crippen LogP contribution in [0.15, 0.2) is 0 Å². The average molecular weight is 1400 g/mol. The second kappa shape index (κ2) is 33.9. The number of carbonyl (C=O) groups is 2. The summed E-state index contributed by atoms with van der Waals surface area (Å²) >= 11 is 0. The number of rotatable bonds is 24. The van der Waals surface area contributed by atoms with Crippen molar-refractivity contribution in [2.75, 3.05) is 52.9 Å². The number of carbonyl (C=O) groups excluding carboxylic acids is 2. The van der Waals surface area contributed by atoms with Crippen LogP contribution in [0, 0.1) is 0 Å². The second-order valence-corrected chi connectivity index (χ2v) is 23.9. The summed E-state index contributed by atoms with van der Waals surface area (Å²) in [6.07, 6.45) is -74.9. The van der Waals surface area contributed by atoms with Gasteiger partial charge in [0.25, 0.3) is 0 Å². The lowest BCUT2D eigenvalue weighted by Gasteiger charge is -2.50.